The highest BCUT2D eigenvalue weighted by molar-refractivity contribution is 5.96. The number of amides is 1. The monoisotopic (exact) mass is 266 g/mol. The molecule has 0 saturated carbocycles. The van der Waals surface area contributed by atoms with Gasteiger partial charge in [-0.2, -0.15) is 0 Å². The Bertz CT molecular complexity index is 447. The summed E-state index contributed by atoms with van der Waals surface area (Å²) in [5, 5.41) is 5.91. The minimum atomic E-state index is -0.0412. The molecule has 6 nitrogen and oxygen atoms in total. The van der Waals surface area contributed by atoms with Gasteiger partial charge in [0.05, 0.1) is 27.2 Å². The van der Waals surface area contributed by atoms with Gasteiger partial charge in [-0.3, -0.25) is 4.79 Å². The van der Waals surface area contributed by atoms with Crippen LogP contribution in [0.3, 0.4) is 0 Å². The molecule has 0 spiro atoms. The molecule has 0 radical (unpaired) electrons. The van der Waals surface area contributed by atoms with Gasteiger partial charge in [0.25, 0.3) is 0 Å². The number of methoxy groups -OCH3 is 3. The summed E-state index contributed by atoms with van der Waals surface area (Å²) >= 11 is 0. The van der Waals surface area contributed by atoms with E-state index in [4.69, 9.17) is 14.2 Å². The van der Waals surface area contributed by atoms with Crippen molar-refractivity contribution in [1.29, 1.82) is 0 Å². The minimum absolute atomic E-state index is 0.00323. The fourth-order valence-electron chi connectivity index (χ4n) is 1.83. The van der Waals surface area contributed by atoms with Crippen molar-refractivity contribution in [1.82, 2.24) is 5.32 Å². The van der Waals surface area contributed by atoms with Crippen LogP contribution in [-0.2, 0) is 4.79 Å². The Morgan fingerprint density at radius 1 is 1.16 bits per heavy atom. The van der Waals surface area contributed by atoms with E-state index >= 15 is 0 Å². The Hall–Kier alpha value is -1.95. The second-order valence-corrected chi connectivity index (χ2v) is 4.25. The number of hydrogen-bond donors (Lipinski definition) is 2. The molecule has 1 aliphatic heterocycles. The lowest BCUT2D eigenvalue weighted by molar-refractivity contribution is -0.121. The maximum atomic E-state index is 12.0. The van der Waals surface area contributed by atoms with E-state index in [1.54, 1.807) is 19.2 Å². The van der Waals surface area contributed by atoms with Gasteiger partial charge in [-0.15, -0.1) is 0 Å². The Labute approximate surface area is 112 Å². The molecule has 1 saturated heterocycles. The lowest BCUT2D eigenvalue weighted by Crippen LogP contribution is -2.48. The second kappa shape index (κ2) is 5.79. The Morgan fingerprint density at radius 3 is 2.11 bits per heavy atom. The molecule has 1 aromatic carbocycles. The number of anilines is 1. The van der Waals surface area contributed by atoms with Gasteiger partial charge < -0.3 is 24.8 Å². The largest absolute Gasteiger partial charge is 0.496 e. The average Bonchev–Trinajstić information content (AvgIpc) is 2.36. The van der Waals surface area contributed by atoms with Crippen LogP contribution in [0.25, 0.3) is 0 Å². The number of benzene rings is 1. The lowest BCUT2D eigenvalue weighted by atomic mass is 10.0. The van der Waals surface area contributed by atoms with Crippen LogP contribution in [-0.4, -0.2) is 40.3 Å². The molecule has 2 rings (SSSR count). The van der Waals surface area contributed by atoms with E-state index in [1.807, 2.05) is 0 Å². The van der Waals surface area contributed by atoms with Crippen molar-refractivity contribution in [3.63, 3.8) is 0 Å². The zero-order valence-electron chi connectivity index (χ0n) is 11.3. The van der Waals surface area contributed by atoms with Gasteiger partial charge in [-0.25, -0.2) is 0 Å². The van der Waals surface area contributed by atoms with E-state index in [-0.39, 0.29) is 11.8 Å². The van der Waals surface area contributed by atoms with Crippen LogP contribution in [0.4, 0.5) is 5.69 Å². The number of carbonyl (C=O) groups excluding carboxylic acids is 1. The van der Waals surface area contributed by atoms with Gasteiger partial charge in [0.15, 0.2) is 0 Å². The molecular formula is C13H18N2O4. The lowest BCUT2D eigenvalue weighted by Gasteiger charge is -2.26. The zero-order chi connectivity index (χ0) is 13.8. The Balaban J connectivity index is 2.28. The van der Waals surface area contributed by atoms with Crippen molar-refractivity contribution in [2.75, 3.05) is 39.7 Å². The highest BCUT2D eigenvalue weighted by atomic mass is 16.5. The first kappa shape index (κ1) is 13.5. The molecule has 19 heavy (non-hydrogen) atoms. The first-order valence-electron chi connectivity index (χ1n) is 6.01. The van der Waals surface area contributed by atoms with Crippen LogP contribution < -0.4 is 24.8 Å². The first-order valence-corrected chi connectivity index (χ1v) is 6.01. The zero-order valence-corrected chi connectivity index (χ0v) is 11.3. The van der Waals surface area contributed by atoms with Crippen molar-refractivity contribution in [2.24, 2.45) is 5.92 Å². The average molecular weight is 266 g/mol. The van der Waals surface area contributed by atoms with Crippen LogP contribution in [0.5, 0.6) is 17.2 Å². The summed E-state index contributed by atoms with van der Waals surface area (Å²) in [6.45, 7) is 1.40. The van der Waals surface area contributed by atoms with Crippen LogP contribution in [0.2, 0.25) is 0 Å². The normalized spacial score (nSPS) is 14.5. The van der Waals surface area contributed by atoms with E-state index in [9.17, 15) is 4.79 Å². The van der Waals surface area contributed by atoms with Gasteiger partial charge in [-0.05, 0) is 0 Å². The van der Waals surface area contributed by atoms with Gasteiger partial charge >= 0.3 is 0 Å². The van der Waals surface area contributed by atoms with Crippen LogP contribution in [0.1, 0.15) is 0 Å². The Morgan fingerprint density at radius 2 is 1.74 bits per heavy atom. The number of hydrogen-bond acceptors (Lipinski definition) is 5. The molecular weight excluding hydrogens is 248 g/mol. The third kappa shape index (κ3) is 2.73. The molecule has 1 amide bonds. The SMILES string of the molecule is COc1cc(OC)c(NC(=O)C2CNC2)c(OC)c1. The summed E-state index contributed by atoms with van der Waals surface area (Å²) in [5.74, 6) is 1.59. The topological polar surface area (TPSA) is 68.8 Å². The molecule has 1 aliphatic rings. The predicted octanol–water partition coefficient (Wildman–Crippen LogP) is 0.870. The molecule has 2 N–H and O–H groups in total. The summed E-state index contributed by atoms with van der Waals surface area (Å²) in [5.41, 5.74) is 0.530. The highest BCUT2D eigenvalue weighted by Crippen LogP contribution is 2.39. The van der Waals surface area contributed by atoms with E-state index in [0.29, 0.717) is 36.0 Å². The summed E-state index contributed by atoms with van der Waals surface area (Å²) in [6, 6.07) is 3.41. The van der Waals surface area contributed by atoms with E-state index in [2.05, 4.69) is 10.6 Å². The molecule has 0 atom stereocenters. The maximum absolute atomic E-state index is 12.0. The van der Waals surface area contributed by atoms with E-state index in [0.717, 1.165) is 0 Å². The summed E-state index contributed by atoms with van der Waals surface area (Å²) < 4.78 is 15.7. The van der Waals surface area contributed by atoms with E-state index < -0.39 is 0 Å². The number of ether oxygens (including phenoxy) is 3. The Kier molecular flexibility index (Phi) is 4.11. The molecule has 0 aromatic heterocycles. The second-order valence-electron chi connectivity index (χ2n) is 4.25. The molecule has 1 heterocycles. The van der Waals surface area contributed by atoms with Gasteiger partial charge in [-0.1, -0.05) is 0 Å². The van der Waals surface area contributed by atoms with Crippen molar-refractivity contribution < 1.29 is 19.0 Å². The quantitative estimate of drug-likeness (QED) is 0.827. The summed E-state index contributed by atoms with van der Waals surface area (Å²) in [6.07, 6.45) is 0. The molecule has 104 valence electrons. The van der Waals surface area contributed by atoms with Crippen molar-refractivity contribution >= 4 is 11.6 Å². The van der Waals surface area contributed by atoms with Crippen LogP contribution in [0.15, 0.2) is 12.1 Å². The van der Waals surface area contributed by atoms with Gasteiger partial charge in [0, 0.05) is 25.2 Å². The smallest absolute Gasteiger partial charge is 0.230 e. The standard InChI is InChI=1S/C13H18N2O4/c1-17-9-4-10(18-2)12(11(5-9)19-3)15-13(16)8-6-14-7-8/h4-5,8,14H,6-7H2,1-3H3,(H,15,16). The van der Waals surface area contributed by atoms with Crippen molar-refractivity contribution in [3.8, 4) is 17.2 Å². The molecule has 6 heteroatoms. The molecule has 1 fully saturated rings. The van der Waals surface area contributed by atoms with Gasteiger partial charge in [0.1, 0.15) is 22.9 Å². The van der Waals surface area contributed by atoms with Crippen molar-refractivity contribution in [3.05, 3.63) is 12.1 Å². The fraction of sp³-hybridized carbons (Fsp3) is 0.462. The minimum Gasteiger partial charge on any atom is -0.496 e. The summed E-state index contributed by atoms with van der Waals surface area (Å²) in [7, 11) is 4.63. The number of nitrogens with one attached hydrogen (secondary N) is 2. The number of rotatable bonds is 5. The van der Waals surface area contributed by atoms with Gasteiger partial charge in [0.2, 0.25) is 5.91 Å². The molecule has 0 unspecified atom stereocenters. The molecule has 1 aromatic rings. The molecule has 0 bridgehead atoms. The van der Waals surface area contributed by atoms with Crippen LogP contribution in [0, 0.1) is 5.92 Å². The molecule has 0 aliphatic carbocycles. The third-order valence-corrected chi connectivity index (χ3v) is 3.12. The first-order chi connectivity index (χ1) is 9.19. The number of carbonyl (C=O) groups is 1. The summed E-state index contributed by atoms with van der Waals surface area (Å²) in [4.78, 5) is 12.0. The van der Waals surface area contributed by atoms with Crippen LogP contribution >= 0.6 is 0 Å². The maximum Gasteiger partial charge on any atom is 0.230 e. The van der Waals surface area contributed by atoms with Crippen molar-refractivity contribution in [2.45, 2.75) is 0 Å². The fourth-order valence-corrected chi connectivity index (χ4v) is 1.83. The highest BCUT2D eigenvalue weighted by Gasteiger charge is 2.26. The predicted molar refractivity (Wildman–Crippen MR) is 71.1 cm³/mol. The van der Waals surface area contributed by atoms with E-state index in [1.165, 1.54) is 14.2 Å². The third-order valence-electron chi connectivity index (χ3n) is 3.12.